The fourth-order valence-corrected chi connectivity index (χ4v) is 1.42. The summed E-state index contributed by atoms with van der Waals surface area (Å²) in [4.78, 5) is 0. The van der Waals surface area contributed by atoms with E-state index < -0.39 is 0 Å². The molecular weight excluding hydrogens is 164 g/mol. The quantitative estimate of drug-likeness (QED) is 0.656. The second kappa shape index (κ2) is 3.68. The number of hydrogen-bond acceptors (Lipinski definition) is 3. The van der Waals surface area contributed by atoms with Crippen molar-refractivity contribution in [1.82, 2.24) is 20.2 Å². The van der Waals surface area contributed by atoms with Crippen LogP contribution in [0.15, 0.2) is 11.6 Å². The van der Waals surface area contributed by atoms with Crippen LogP contribution in [0.4, 0.5) is 0 Å². The van der Waals surface area contributed by atoms with Crippen molar-refractivity contribution in [2.24, 2.45) is 0 Å². The van der Waals surface area contributed by atoms with Crippen LogP contribution in [0.25, 0.3) is 0 Å². The van der Waals surface area contributed by atoms with Gasteiger partial charge in [-0.15, -0.1) is 5.10 Å². The molecule has 1 aliphatic carbocycles. The van der Waals surface area contributed by atoms with Gasteiger partial charge >= 0.3 is 0 Å². The minimum Gasteiger partial charge on any atom is -0.226 e. The van der Waals surface area contributed by atoms with Gasteiger partial charge in [0.1, 0.15) is 0 Å². The minimum atomic E-state index is 0.839. The zero-order chi connectivity index (χ0) is 9.10. The van der Waals surface area contributed by atoms with Gasteiger partial charge in [0, 0.05) is 6.42 Å². The van der Waals surface area contributed by atoms with Gasteiger partial charge in [-0.25, -0.2) is 4.68 Å². The zero-order valence-corrected chi connectivity index (χ0v) is 7.90. The predicted octanol–water partition coefficient (Wildman–Crippen LogP) is 1.35. The van der Waals surface area contributed by atoms with Gasteiger partial charge in [-0.3, -0.25) is 0 Å². The summed E-state index contributed by atoms with van der Waals surface area (Å²) in [5, 5.41) is 11.5. The standard InChI is InChI=1S/C9H14N4/c1-2-9-10-11-12-13(9)7-6-8-4-3-5-8/h6H,2-5,7H2,1H3. The van der Waals surface area contributed by atoms with E-state index in [4.69, 9.17) is 0 Å². The van der Waals surface area contributed by atoms with Crippen molar-refractivity contribution in [1.29, 1.82) is 0 Å². The minimum absolute atomic E-state index is 0.839. The Kier molecular flexibility index (Phi) is 2.38. The summed E-state index contributed by atoms with van der Waals surface area (Å²) < 4.78 is 1.87. The average Bonchev–Trinajstić information content (AvgIpc) is 2.49. The van der Waals surface area contributed by atoms with Gasteiger partial charge in [-0.05, 0) is 29.7 Å². The number of tetrazole rings is 1. The highest BCUT2D eigenvalue weighted by Crippen LogP contribution is 2.24. The van der Waals surface area contributed by atoms with E-state index in [1.807, 2.05) is 4.68 Å². The van der Waals surface area contributed by atoms with E-state index in [0.717, 1.165) is 18.8 Å². The van der Waals surface area contributed by atoms with Crippen molar-refractivity contribution in [3.63, 3.8) is 0 Å². The molecule has 1 aromatic rings. The van der Waals surface area contributed by atoms with Gasteiger partial charge in [-0.2, -0.15) is 0 Å². The van der Waals surface area contributed by atoms with Crippen LogP contribution >= 0.6 is 0 Å². The average molecular weight is 178 g/mol. The van der Waals surface area contributed by atoms with Gasteiger partial charge in [0.15, 0.2) is 5.82 Å². The molecule has 0 radical (unpaired) electrons. The van der Waals surface area contributed by atoms with E-state index in [2.05, 4.69) is 28.5 Å². The first-order valence-corrected chi connectivity index (χ1v) is 4.83. The van der Waals surface area contributed by atoms with E-state index in [1.54, 1.807) is 5.57 Å². The van der Waals surface area contributed by atoms with E-state index >= 15 is 0 Å². The monoisotopic (exact) mass is 178 g/mol. The summed E-state index contributed by atoms with van der Waals surface area (Å²) in [5.41, 5.74) is 1.55. The maximum absolute atomic E-state index is 3.93. The second-order valence-corrected chi connectivity index (χ2v) is 3.35. The number of aromatic nitrogens is 4. The lowest BCUT2D eigenvalue weighted by atomic mass is 9.92. The van der Waals surface area contributed by atoms with E-state index in [0.29, 0.717) is 0 Å². The smallest absolute Gasteiger partial charge is 0.151 e. The van der Waals surface area contributed by atoms with Crippen LogP contribution < -0.4 is 0 Å². The van der Waals surface area contributed by atoms with Crippen molar-refractivity contribution in [2.75, 3.05) is 0 Å². The summed E-state index contributed by atoms with van der Waals surface area (Å²) in [6.07, 6.45) is 7.03. The Bertz CT molecular complexity index is 307. The Labute approximate surface area is 77.6 Å². The lowest BCUT2D eigenvalue weighted by Gasteiger charge is -2.15. The Morgan fingerprint density at radius 2 is 2.31 bits per heavy atom. The Morgan fingerprint density at radius 1 is 1.46 bits per heavy atom. The van der Waals surface area contributed by atoms with Crippen molar-refractivity contribution in [3.8, 4) is 0 Å². The van der Waals surface area contributed by atoms with E-state index in [9.17, 15) is 0 Å². The molecule has 13 heavy (non-hydrogen) atoms. The molecule has 0 N–H and O–H groups in total. The molecule has 0 unspecified atom stereocenters. The second-order valence-electron chi connectivity index (χ2n) is 3.35. The van der Waals surface area contributed by atoms with Gasteiger partial charge in [0.2, 0.25) is 0 Å². The van der Waals surface area contributed by atoms with Crippen molar-refractivity contribution < 1.29 is 0 Å². The molecule has 0 spiro atoms. The fraction of sp³-hybridized carbons (Fsp3) is 0.667. The molecule has 0 aliphatic heterocycles. The highest BCUT2D eigenvalue weighted by atomic mass is 15.5. The maximum atomic E-state index is 3.93. The van der Waals surface area contributed by atoms with E-state index in [1.165, 1.54) is 19.3 Å². The first-order chi connectivity index (χ1) is 6.40. The van der Waals surface area contributed by atoms with E-state index in [-0.39, 0.29) is 0 Å². The molecule has 1 heterocycles. The van der Waals surface area contributed by atoms with Crippen molar-refractivity contribution in [3.05, 3.63) is 17.5 Å². The molecule has 0 atom stereocenters. The number of nitrogens with zero attached hydrogens (tertiary/aromatic N) is 4. The summed E-state index contributed by atoms with van der Waals surface area (Å²) in [7, 11) is 0. The molecule has 1 saturated carbocycles. The fourth-order valence-electron chi connectivity index (χ4n) is 1.42. The van der Waals surface area contributed by atoms with Gasteiger partial charge in [-0.1, -0.05) is 18.6 Å². The summed E-state index contributed by atoms with van der Waals surface area (Å²) in [5.74, 6) is 0.969. The molecule has 0 saturated heterocycles. The van der Waals surface area contributed by atoms with Crippen LogP contribution in [-0.2, 0) is 13.0 Å². The molecule has 4 nitrogen and oxygen atoms in total. The first kappa shape index (κ1) is 8.41. The maximum Gasteiger partial charge on any atom is 0.151 e. The molecule has 0 bridgehead atoms. The topological polar surface area (TPSA) is 43.6 Å². The molecule has 2 rings (SSSR count). The summed E-state index contributed by atoms with van der Waals surface area (Å²) in [6.45, 7) is 2.91. The van der Waals surface area contributed by atoms with Gasteiger partial charge < -0.3 is 0 Å². The third-order valence-corrected chi connectivity index (χ3v) is 2.47. The first-order valence-electron chi connectivity index (χ1n) is 4.83. The van der Waals surface area contributed by atoms with Crippen molar-refractivity contribution in [2.45, 2.75) is 39.2 Å². The third kappa shape index (κ3) is 1.76. The largest absolute Gasteiger partial charge is 0.226 e. The number of rotatable bonds is 3. The summed E-state index contributed by atoms with van der Waals surface area (Å²) >= 11 is 0. The van der Waals surface area contributed by atoms with Crippen LogP contribution in [0.5, 0.6) is 0 Å². The van der Waals surface area contributed by atoms with Gasteiger partial charge in [0.05, 0.1) is 6.54 Å². The molecule has 70 valence electrons. The molecule has 0 amide bonds. The van der Waals surface area contributed by atoms with Crippen LogP contribution in [-0.4, -0.2) is 20.2 Å². The SMILES string of the molecule is CCc1nnnn1CC=C1CCC1. The summed E-state index contributed by atoms with van der Waals surface area (Å²) in [6, 6.07) is 0. The molecule has 1 aliphatic rings. The van der Waals surface area contributed by atoms with Crippen LogP contribution in [0.2, 0.25) is 0 Å². The third-order valence-electron chi connectivity index (χ3n) is 2.47. The highest BCUT2D eigenvalue weighted by molar-refractivity contribution is 5.09. The van der Waals surface area contributed by atoms with Crippen LogP contribution in [0.1, 0.15) is 32.0 Å². The lowest BCUT2D eigenvalue weighted by molar-refractivity contribution is 0.606. The molecule has 4 heteroatoms. The Hall–Kier alpha value is -1.19. The molecule has 1 aromatic heterocycles. The number of hydrogen-bond donors (Lipinski definition) is 0. The van der Waals surface area contributed by atoms with Crippen molar-refractivity contribution >= 4 is 0 Å². The molecule has 0 aromatic carbocycles. The number of aryl methyl sites for hydroxylation is 1. The highest BCUT2D eigenvalue weighted by Gasteiger charge is 2.08. The zero-order valence-electron chi connectivity index (χ0n) is 7.90. The lowest BCUT2D eigenvalue weighted by Crippen LogP contribution is -2.06. The normalized spacial score (nSPS) is 15.6. The number of allylic oxidation sites excluding steroid dienone is 2. The van der Waals surface area contributed by atoms with Crippen LogP contribution in [0.3, 0.4) is 0 Å². The Balaban J connectivity index is 2.00. The predicted molar refractivity (Wildman–Crippen MR) is 49.1 cm³/mol. The Morgan fingerprint density at radius 3 is 2.92 bits per heavy atom. The molecule has 1 fully saturated rings. The van der Waals surface area contributed by atoms with Crippen LogP contribution in [0, 0.1) is 0 Å². The van der Waals surface area contributed by atoms with Gasteiger partial charge in [0.25, 0.3) is 0 Å². The molecular formula is C9H14N4.